The van der Waals surface area contributed by atoms with E-state index in [1.807, 2.05) is 6.08 Å². The van der Waals surface area contributed by atoms with Gasteiger partial charge in [0.05, 0.1) is 11.9 Å². The molecule has 0 saturated carbocycles. The molecule has 1 aliphatic carbocycles. The number of rotatable bonds is 8. The highest BCUT2D eigenvalue weighted by atomic mass is 16.3. The van der Waals surface area contributed by atoms with Crippen molar-refractivity contribution in [3.63, 3.8) is 0 Å². The van der Waals surface area contributed by atoms with E-state index < -0.39 is 0 Å². The zero-order chi connectivity index (χ0) is 13.4. The molecule has 0 aliphatic heterocycles. The average Bonchev–Trinajstić information content (AvgIpc) is 2.37. The normalized spacial score (nSPS) is 22.0. The van der Waals surface area contributed by atoms with E-state index in [-0.39, 0.29) is 6.10 Å². The number of hydrogen-bond donors (Lipinski definition) is 2. The minimum Gasteiger partial charge on any atom is -0.513 e. The van der Waals surface area contributed by atoms with Crippen molar-refractivity contribution in [1.29, 1.82) is 0 Å². The third-order valence-electron chi connectivity index (χ3n) is 3.78. The van der Waals surface area contributed by atoms with Gasteiger partial charge in [-0.15, -0.1) is 0 Å². The molecule has 18 heavy (non-hydrogen) atoms. The van der Waals surface area contributed by atoms with Crippen LogP contribution in [0.15, 0.2) is 11.8 Å². The Kier molecular flexibility index (Phi) is 7.36. The van der Waals surface area contributed by atoms with E-state index in [0.29, 0.717) is 11.7 Å². The van der Waals surface area contributed by atoms with Crippen molar-refractivity contribution in [2.45, 2.75) is 58.5 Å². The van der Waals surface area contributed by atoms with Gasteiger partial charge in [-0.3, -0.25) is 0 Å². The molecule has 0 aromatic heterocycles. The maximum absolute atomic E-state index is 10.3. The van der Waals surface area contributed by atoms with E-state index in [1.54, 1.807) is 0 Å². The van der Waals surface area contributed by atoms with E-state index in [4.69, 9.17) is 0 Å². The van der Waals surface area contributed by atoms with Crippen LogP contribution in [-0.2, 0) is 0 Å². The Morgan fingerprint density at radius 2 is 2.11 bits per heavy atom. The van der Waals surface area contributed by atoms with Crippen molar-refractivity contribution in [3.8, 4) is 0 Å². The van der Waals surface area contributed by atoms with Crippen LogP contribution < -0.4 is 0 Å². The van der Waals surface area contributed by atoms with Gasteiger partial charge < -0.3 is 15.1 Å². The van der Waals surface area contributed by atoms with Crippen LogP contribution in [0.1, 0.15) is 52.4 Å². The Morgan fingerprint density at radius 3 is 2.67 bits per heavy atom. The first-order valence-corrected chi connectivity index (χ1v) is 7.45. The highest BCUT2D eigenvalue weighted by Crippen LogP contribution is 2.25. The zero-order valence-corrected chi connectivity index (χ0v) is 11.9. The van der Waals surface area contributed by atoms with Gasteiger partial charge >= 0.3 is 0 Å². The third kappa shape index (κ3) is 5.40. The van der Waals surface area contributed by atoms with E-state index in [2.05, 4.69) is 18.7 Å². The molecule has 3 heteroatoms. The summed E-state index contributed by atoms with van der Waals surface area (Å²) < 4.78 is 0. The lowest BCUT2D eigenvalue weighted by Crippen LogP contribution is -2.38. The summed E-state index contributed by atoms with van der Waals surface area (Å²) in [6.45, 7) is 7.34. The Morgan fingerprint density at radius 1 is 1.33 bits per heavy atom. The number of unbranched alkanes of at least 4 members (excludes halogenated alkanes) is 1. The summed E-state index contributed by atoms with van der Waals surface area (Å²) in [5.41, 5.74) is 0. The van der Waals surface area contributed by atoms with E-state index >= 15 is 0 Å². The standard InChI is InChI=1S/C15H29NO2/c1-3-5-11-16(10-4-2)12-15(18)13-6-8-14(17)9-7-13/h8,13,15,17-18H,3-7,9-12H2,1-2H3/t13?,15-/m0/s1. The van der Waals surface area contributed by atoms with Crippen molar-refractivity contribution in [1.82, 2.24) is 4.90 Å². The van der Waals surface area contributed by atoms with E-state index in [9.17, 15) is 10.2 Å². The molecule has 1 unspecified atom stereocenters. The Bertz CT molecular complexity index is 253. The predicted octanol–water partition coefficient (Wildman–Crippen LogP) is 3.10. The lowest BCUT2D eigenvalue weighted by molar-refractivity contribution is 0.0561. The van der Waals surface area contributed by atoms with Crippen LogP contribution in [0.4, 0.5) is 0 Å². The van der Waals surface area contributed by atoms with Crippen LogP contribution in [0, 0.1) is 5.92 Å². The van der Waals surface area contributed by atoms with Gasteiger partial charge in [0.1, 0.15) is 0 Å². The predicted molar refractivity (Wildman–Crippen MR) is 75.7 cm³/mol. The second-order valence-electron chi connectivity index (χ2n) is 5.45. The first-order valence-electron chi connectivity index (χ1n) is 7.45. The lowest BCUT2D eigenvalue weighted by atomic mass is 9.88. The molecule has 2 atom stereocenters. The SMILES string of the molecule is CCCCN(CCC)C[C@H](O)C1CC=C(O)CC1. The molecule has 0 amide bonds. The van der Waals surface area contributed by atoms with Crippen LogP contribution >= 0.6 is 0 Å². The highest BCUT2D eigenvalue weighted by molar-refractivity contribution is 4.98. The molecule has 3 nitrogen and oxygen atoms in total. The van der Waals surface area contributed by atoms with Crippen molar-refractivity contribution in [2.75, 3.05) is 19.6 Å². The van der Waals surface area contributed by atoms with Crippen molar-refractivity contribution < 1.29 is 10.2 Å². The molecule has 0 spiro atoms. The van der Waals surface area contributed by atoms with Gasteiger partial charge in [-0.25, -0.2) is 0 Å². The first-order chi connectivity index (χ1) is 8.67. The summed E-state index contributed by atoms with van der Waals surface area (Å²) in [6.07, 6.45) is 7.63. The van der Waals surface area contributed by atoms with Crippen LogP contribution in [-0.4, -0.2) is 40.9 Å². The average molecular weight is 255 g/mol. The summed E-state index contributed by atoms with van der Waals surface area (Å²) in [6, 6.07) is 0. The maximum atomic E-state index is 10.3. The molecule has 2 N–H and O–H groups in total. The van der Waals surface area contributed by atoms with Gasteiger partial charge in [-0.05, 0) is 50.8 Å². The Balaban J connectivity index is 2.37. The van der Waals surface area contributed by atoms with Crippen LogP contribution in [0.2, 0.25) is 0 Å². The molecular weight excluding hydrogens is 226 g/mol. The molecule has 0 bridgehead atoms. The fourth-order valence-electron chi connectivity index (χ4n) is 2.60. The number of hydrogen-bond acceptors (Lipinski definition) is 3. The molecule has 0 aromatic carbocycles. The number of allylic oxidation sites excluding steroid dienone is 2. The molecular formula is C15H29NO2. The summed E-state index contributed by atoms with van der Waals surface area (Å²) in [5, 5.41) is 19.7. The Hall–Kier alpha value is -0.540. The molecule has 0 fully saturated rings. The molecule has 1 rings (SSSR count). The van der Waals surface area contributed by atoms with Crippen LogP contribution in [0.5, 0.6) is 0 Å². The van der Waals surface area contributed by atoms with Gasteiger partial charge in [0, 0.05) is 13.0 Å². The second kappa shape index (κ2) is 8.54. The molecule has 106 valence electrons. The van der Waals surface area contributed by atoms with E-state index in [1.165, 1.54) is 12.8 Å². The van der Waals surface area contributed by atoms with Crippen molar-refractivity contribution >= 4 is 0 Å². The summed E-state index contributed by atoms with van der Waals surface area (Å²) in [4.78, 5) is 2.38. The Labute approximate surface area is 112 Å². The number of aliphatic hydroxyl groups excluding tert-OH is 2. The smallest absolute Gasteiger partial charge is 0.0883 e. The fourth-order valence-corrected chi connectivity index (χ4v) is 2.60. The molecule has 0 heterocycles. The third-order valence-corrected chi connectivity index (χ3v) is 3.78. The van der Waals surface area contributed by atoms with Gasteiger partial charge in [0.15, 0.2) is 0 Å². The topological polar surface area (TPSA) is 43.7 Å². The summed E-state index contributed by atoms with van der Waals surface area (Å²) in [7, 11) is 0. The van der Waals surface area contributed by atoms with Gasteiger partial charge in [-0.1, -0.05) is 20.3 Å². The minimum atomic E-state index is -0.252. The monoisotopic (exact) mass is 255 g/mol. The largest absolute Gasteiger partial charge is 0.513 e. The number of aliphatic hydroxyl groups is 2. The van der Waals surface area contributed by atoms with Crippen molar-refractivity contribution in [3.05, 3.63) is 11.8 Å². The summed E-state index contributed by atoms with van der Waals surface area (Å²) >= 11 is 0. The lowest BCUT2D eigenvalue weighted by Gasteiger charge is -2.30. The molecule has 0 saturated heterocycles. The quantitative estimate of drug-likeness (QED) is 0.700. The van der Waals surface area contributed by atoms with Crippen molar-refractivity contribution in [2.24, 2.45) is 5.92 Å². The van der Waals surface area contributed by atoms with Gasteiger partial charge in [-0.2, -0.15) is 0 Å². The van der Waals surface area contributed by atoms with Gasteiger partial charge in [0.25, 0.3) is 0 Å². The van der Waals surface area contributed by atoms with E-state index in [0.717, 1.165) is 45.3 Å². The second-order valence-corrected chi connectivity index (χ2v) is 5.45. The molecule has 0 radical (unpaired) electrons. The van der Waals surface area contributed by atoms with Crippen LogP contribution in [0.3, 0.4) is 0 Å². The fraction of sp³-hybridized carbons (Fsp3) is 0.867. The molecule has 0 aromatic rings. The highest BCUT2D eigenvalue weighted by Gasteiger charge is 2.23. The van der Waals surface area contributed by atoms with Crippen LogP contribution in [0.25, 0.3) is 0 Å². The molecule has 1 aliphatic rings. The maximum Gasteiger partial charge on any atom is 0.0883 e. The number of nitrogens with zero attached hydrogens (tertiary/aromatic N) is 1. The minimum absolute atomic E-state index is 0.252. The summed E-state index contributed by atoms with van der Waals surface area (Å²) in [5.74, 6) is 0.816. The van der Waals surface area contributed by atoms with Gasteiger partial charge in [0.2, 0.25) is 0 Å². The first kappa shape index (κ1) is 15.5. The zero-order valence-electron chi connectivity index (χ0n) is 11.9.